The monoisotopic (exact) mass is 595 g/mol. The minimum Gasteiger partial charge on any atom is -0.302 e. The molecule has 0 bridgehead atoms. The number of hydrogen-bond acceptors (Lipinski definition) is 4. The third-order valence-corrected chi connectivity index (χ3v) is 11.5. The Kier molecular flexibility index (Phi) is 5.05. The molecule has 2 aromatic heterocycles. The molecule has 0 fully saturated rings. The van der Waals surface area contributed by atoms with E-state index in [4.69, 9.17) is 9.97 Å². The topological polar surface area (TPSA) is 29.0 Å². The summed E-state index contributed by atoms with van der Waals surface area (Å²) >= 11 is 1.99. The van der Waals surface area contributed by atoms with Gasteiger partial charge in [-0.15, -0.1) is 11.3 Å². The van der Waals surface area contributed by atoms with Gasteiger partial charge in [0.15, 0.2) is 0 Å². The minimum absolute atomic E-state index is 0.0297. The predicted octanol–water partition coefficient (Wildman–Crippen LogP) is 10.5. The van der Waals surface area contributed by atoms with E-state index in [-0.39, 0.29) is 17.4 Å². The SMILES string of the molecule is CC1(C)c2ccccc2-c2sc3c(c21)C=CC1C3c2ccccc2N1c1nc(-c2ccccc2)c2ccc3ccccc3c2n1. The summed E-state index contributed by atoms with van der Waals surface area (Å²) in [5, 5.41) is 3.41. The molecule has 4 heteroatoms. The van der Waals surface area contributed by atoms with E-state index in [1.807, 2.05) is 11.3 Å². The zero-order chi connectivity index (χ0) is 29.9. The van der Waals surface area contributed by atoms with Gasteiger partial charge in [0.2, 0.25) is 5.95 Å². The Labute approximate surface area is 266 Å². The number of aromatic nitrogens is 2. The highest BCUT2D eigenvalue weighted by atomic mass is 32.1. The largest absolute Gasteiger partial charge is 0.302 e. The van der Waals surface area contributed by atoms with Gasteiger partial charge in [0.25, 0.3) is 0 Å². The molecular weight excluding hydrogens is 567 g/mol. The van der Waals surface area contributed by atoms with Gasteiger partial charge in [-0.1, -0.05) is 129 Å². The fourth-order valence-electron chi connectivity index (χ4n) is 8.20. The predicted molar refractivity (Wildman–Crippen MR) is 188 cm³/mol. The summed E-state index contributed by atoms with van der Waals surface area (Å²) in [7, 11) is 0. The molecule has 0 saturated carbocycles. The second-order valence-electron chi connectivity index (χ2n) is 12.9. The van der Waals surface area contributed by atoms with Crippen LogP contribution >= 0.6 is 11.3 Å². The van der Waals surface area contributed by atoms with Crippen molar-refractivity contribution in [1.82, 2.24) is 9.97 Å². The first-order valence-electron chi connectivity index (χ1n) is 15.7. The number of para-hydroxylation sites is 1. The van der Waals surface area contributed by atoms with E-state index in [0.29, 0.717) is 0 Å². The summed E-state index contributed by atoms with van der Waals surface area (Å²) in [6.07, 6.45) is 4.81. The van der Waals surface area contributed by atoms with E-state index in [0.717, 1.165) is 33.5 Å². The molecule has 0 radical (unpaired) electrons. The van der Waals surface area contributed by atoms with Crippen LogP contribution in [0.4, 0.5) is 11.6 Å². The third-order valence-electron chi connectivity index (χ3n) is 10.2. The lowest BCUT2D eigenvalue weighted by Gasteiger charge is -2.30. The number of fused-ring (bicyclic) bond motifs is 12. The molecule has 10 rings (SSSR count). The summed E-state index contributed by atoms with van der Waals surface area (Å²) in [5.74, 6) is 0.965. The Morgan fingerprint density at radius 1 is 0.733 bits per heavy atom. The molecule has 7 aromatic rings. The molecule has 2 atom stereocenters. The summed E-state index contributed by atoms with van der Waals surface area (Å²) in [4.78, 5) is 16.1. The second-order valence-corrected chi connectivity index (χ2v) is 14.0. The van der Waals surface area contributed by atoms with E-state index in [1.54, 1.807) is 0 Å². The lowest BCUT2D eigenvalue weighted by molar-refractivity contribution is 0.655. The van der Waals surface area contributed by atoms with Crippen molar-refractivity contribution in [3.05, 3.63) is 148 Å². The zero-order valence-electron chi connectivity index (χ0n) is 25.0. The van der Waals surface area contributed by atoms with Gasteiger partial charge in [0.1, 0.15) is 0 Å². The Balaban J connectivity index is 1.21. The Bertz CT molecular complexity index is 2380. The van der Waals surface area contributed by atoms with Crippen LogP contribution in [-0.4, -0.2) is 16.0 Å². The lowest BCUT2D eigenvalue weighted by Crippen LogP contribution is -2.32. The highest BCUT2D eigenvalue weighted by Gasteiger charge is 2.47. The van der Waals surface area contributed by atoms with Crippen LogP contribution < -0.4 is 4.90 Å². The molecule has 3 aliphatic rings. The molecule has 0 amide bonds. The van der Waals surface area contributed by atoms with Gasteiger partial charge in [-0.05, 0) is 45.3 Å². The van der Waals surface area contributed by atoms with E-state index in [2.05, 4.69) is 146 Å². The van der Waals surface area contributed by atoms with E-state index in [9.17, 15) is 0 Å². The number of anilines is 2. The van der Waals surface area contributed by atoms with Gasteiger partial charge >= 0.3 is 0 Å². The number of nitrogens with zero attached hydrogens (tertiary/aromatic N) is 3. The highest BCUT2D eigenvalue weighted by molar-refractivity contribution is 7.16. The first-order valence-corrected chi connectivity index (χ1v) is 16.5. The Morgan fingerprint density at radius 3 is 2.42 bits per heavy atom. The van der Waals surface area contributed by atoms with Crippen molar-refractivity contribution in [3.8, 4) is 21.7 Å². The van der Waals surface area contributed by atoms with Crippen LogP contribution in [-0.2, 0) is 5.41 Å². The second kappa shape index (κ2) is 8.99. The fraction of sp³-hybridized carbons (Fsp3) is 0.122. The molecule has 0 spiro atoms. The van der Waals surface area contributed by atoms with Crippen LogP contribution in [0.25, 0.3) is 49.4 Å². The number of rotatable bonds is 2. The van der Waals surface area contributed by atoms with Crippen LogP contribution in [0.5, 0.6) is 0 Å². The van der Waals surface area contributed by atoms with Gasteiger partial charge in [0, 0.05) is 43.1 Å². The normalized spacial score (nSPS) is 18.5. The van der Waals surface area contributed by atoms with E-state index < -0.39 is 0 Å². The molecule has 0 N–H and O–H groups in total. The first-order chi connectivity index (χ1) is 22.1. The maximum atomic E-state index is 5.40. The van der Waals surface area contributed by atoms with Crippen molar-refractivity contribution >= 4 is 50.7 Å². The van der Waals surface area contributed by atoms with Crippen molar-refractivity contribution in [3.63, 3.8) is 0 Å². The third kappa shape index (κ3) is 3.35. The van der Waals surface area contributed by atoms with Gasteiger partial charge in [-0.3, -0.25) is 0 Å². The quantitative estimate of drug-likeness (QED) is 0.186. The molecule has 1 aliphatic heterocycles. The molecule has 2 aliphatic carbocycles. The lowest BCUT2D eigenvalue weighted by atomic mass is 9.78. The first kappa shape index (κ1) is 25.3. The number of benzene rings is 5. The molecule has 214 valence electrons. The molecule has 45 heavy (non-hydrogen) atoms. The minimum atomic E-state index is -0.0297. The highest BCUT2D eigenvalue weighted by Crippen LogP contribution is 2.60. The zero-order valence-corrected chi connectivity index (χ0v) is 25.8. The fourth-order valence-corrected chi connectivity index (χ4v) is 9.85. The average molecular weight is 596 g/mol. The Hall–Kier alpha value is -5.06. The van der Waals surface area contributed by atoms with Crippen LogP contribution in [0, 0.1) is 0 Å². The molecule has 5 aromatic carbocycles. The standard InChI is InChI=1S/C41H29N3S/c1-41(2)31-18-10-8-16-27(31)39-35(41)29-22-23-33-34(38(29)45-39)28-17-9-11-19-32(28)44(33)40-42-36(25-13-4-3-5-14-25)30-21-20-24-12-6-7-15-26(24)37(30)43-40/h3-23,33-34H,1-2H3. The maximum absolute atomic E-state index is 5.40. The van der Waals surface area contributed by atoms with E-state index >= 15 is 0 Å². The molecule has 2 unspecified atom stereocenters. The summed E-state index contributed by atoms with van der Waals surface area (Å²) in [6, 6.07) is 41.4. The Morgan fingerprint density at radius 2 is 1.51 bits per heavy atom. The smallest absolute Gasteiger partial charge is 0.231 e. The van der Waals surface area contributed by atoms with Crippen LogP contribution in [0.1, 0.15) is 46.9 Å². The van der Waals surface area contributed by atoms with Crippen molar-refractivity contribution in [2.75, 3.05) is 4.90 Å². The van der Waals surface area contributed by atoms with Crippen LogP contribution in [0.2, 0.25) is 0 Å². The summed E-state index contributed by atoms with van der Waals surface area (Å²) < 4.78 is 0. The van der Waals surface area contributed by atoms with Gasteiger partial charge in [-0.25, -0.2) is 9.97 Å². The van der Waals surface area contributed by atoms with Crippen LogP contribution in [0.3, 0.4) is 0 Å². The number of thiophene rings is 1. The van der Waals surface area contributed by atoms with Crippen molar-refractivity contribution in [1.29, 1.82) is 0 Å². The van der Waals surface area contributed by atoms with Gasteiger partial charge in [0.05, 0.1) is 17.3 Å². The molecule has 0 saturated heterocycles. The van der Waals surface area contributed by atoms with Gasteiger partial charge < -0.3 is 4.90 Å². The van der Waals surface area contributed by atoms with Crippen molar-refractivity contribution < 1.29 is 0 Å². The van der Waals surface area contributed by atoms with Crippen molar-refractivity contribution in [2.45, 2.75) is 31.2 Å². The van der Waals surface area contributed by atoms with Gasteiger partial charge in [-0.2, -0.15) is 0 Å². The molecule has 3 heterocycles. The molecule has 3 nitrogen and oxygen atoms in total. The maximum Gasteiger partial charge on any atom is 0.231 e. The van der Waals surface area contributed by atoms with E-state index in [1.165, 1.54) is 48.6 Å². The summed E-state index contributed by atoms with van der Waals surface area (Å²) in [6.45, 7) is 4.77. The van der Waals surface area contributed by atoms with Crippen molar-refractivity contribution in [2.24, 2.45) is 0 Å². The molecular formula is C41H29N3S. The number of hydrogen-bond donors (Lipinski definition) is 0. The average Bonchev–Trinajstić information content (AvgIpc) is 3.71. The van der Waals surface area contributed by atoms with Crippen LogP contribution in [0.15, 0.2) is 121 Å². The summed E-state index contributed by atoms with van der Waals surface area (Å²) in [5.41, 5.74) is 11.3.